The number of hydrogen-bond donors (Lipinski definition) is 1. The van der Waals surface area contributed by atoms with E-state index in [1.165, 1.54) is 16.0 Å². The fraction of sp³-hybridized carbons (Fsp3) is 0.111. The maximum atomic E-state index is 4.45. The lowest BCUT2D eigenvalue weighted by Gasteiger charge is -2.06. The molecule has 0 unspecified atom stereocenters. The molecule has 110 valence electrons. The van der Waals surface area contributed by atoms with Crippen molar-refractivity contribution in [2.45, 2.75) is 18.4 Å². The molecule has 0 aliphatic carbocycles. The van der Waals surface area contributed by atoms with E-state index in [-0.39, 0.29) is 0 Å². The molecule has 0 aliphatic rings. The van der Waals surface area contributed by atoms with Gasteiger partial charge in [0.2, 0.25) is 0 Å². The van der Waals surface area contributed by atoms with Gasteiger partial charge in [-0.2, -0.15) is 0 Å². The van der Waals surface area contributed by atoms with Crippen molar-refractivity contribution in [3.05, 3.63) is 78.2 Å². The Morgan fingerprint density at radius 3 is 2.41 bits per heavy atom. The minimum Gasteiger partial charge on any atom is -0.265 e. The third kappa shape index (κ3) is 3.93. The zero-order chi connectivity index (χ0) is 15.2. The average Bonchev–Trinajstić information content (AvgIpc) is 2.57. The van der Waals surface area contributed by atoms with Crippen molar-refractivity contribution in [3.8, 4) is 11.3 Å². The molecule has 3 rings (SSSR count). The molecule has 0 aliphatic heterocycles. The Hall–Kier alpha value is -2.17. The molecule has 0 spiro atoms. The van der Waals surface area contributed by atoms with Crippen LogP contribution in [0.3, 0.4) is 0 Å². The first-order valence-electron chi connectivity index (χ1n) is 7.13. The van der Waals surface area contributed by atoms with Gasteiger partial charge in [-0.3, -0.25) is 14.7 Å². The first-order chi connectivity index (χ1) is 10.8. The second kappa shape index (κ2) is 7.20. The average molecular weight is 307 g/mol. The zero-order valence-electron chi connectivity index (χ0n) is 12.4. The lowest BCUT2D eigenvalue weighted by atomic mass is 10.1. The van der Waals surface area contributed by atoms with Crippen LogP contribution in [-0.4, -0.2) is 9.97 Å². The first kappa shape index (κ1) is 14.8. The van der Waals surface area contributed by atoms with Gasteiger partial charge in [-0.05, 0) is 60.3 Å². The molecule has 1 aromatic carbocycles. The molecule has 2 aromatic heterocycles. The van der Waals surface area contributed by atoms with E-state index >= 15 is 0 Å². The van der Waals surface area contributed by atoms with Gasteiger partial charge in [0.25, 0.3) is 0 Å². The van der Waals surface area contributed by atoms with Crippen LogP contribution in [0.25, 0.3) is 11.3 Å². The molecule has 22 heavy (non-hydrogen) atoms. The summed E-state index contributed by atoms with van der Waals surface area (Å²) in [6.07, 6.45) is 5.52. The molecule has 0 fully saturated rings. The van der Waals surface area contributed by atoms with Gasteiger partial charge in [0, 0.05) is 35.6 Å². The molecule has 0 amide bonds. The summed E-state index contributed by atoms with van der Waals surface area (Å²) in [7, 11) is 0. The van der Waals surface area contributed by atoms with E-state index in [4.69, 9.17) is 0 Å². The summed E-state index contributed by atoms with van der Waals surface area (Å²) >= 11 is 1.63. The molecule has 3 aromatic rings. The summed E-state index contributed by atoms with van der Waals surface area (Å²) in [5.74, 6) is 0. The lowest BCUT2D eigenvalue weighted by molar-refractivity contribution is 0.969. The van der Waals surface area contributed by atoms with Gasteiger partial charge in [0.15, 0.2) is 0 Å². The Labute approximate surface area is 135 Å². The summed E-state index contributed by atoms with van der Waals surface area (Å²) < 4.78 is 3.36. The fourth-order valence-corrected chi connectivity index (χ4v) is 2.71. The molecule has 4 heteroatoms. The van der Waals surface area contributed by atoms with Crippen LogP contribution in [0, 0.1) is 6.92 Å². The molecule has 0 saturated heterocycles. The van der Waals surface area contributed by atoms with Crippen LogP contribution in [0.5, 0.6) is 0 Å². The Kier molecular flexibility index (Phi) is 4.83. The van der Waals surface area contributed by atoms with Crippen LogP contribution >= 0.6 is 11.9 Å². The zero-order valence-corrected chi connectivity index (χ0v) is 13.2. The van der Waals surface area contributed by atoms with Crippen molar-refractivity contribution in [2.75, 3.05) is 0 Å². The molecule has 1 N–H and O–H groups in total. The van der Waals surface area contributed by atoms with Crippen molar-refractivity contribution in [1.82, 2.24) is 14.7 Å². The smallest absolute Gasteiger partial charge is 0.0702 e. The Morgan fingerprint density at radius 2 is 1.73 bits per heavy atom. The van der Waals surface area contributed by atoms with Crippen molar-refractivity contribution >= 4 is 11.9 Å². The molecule has 0 atom stereocenters. The van der Waals surface area contributed by atoms with Gasteiger partial charge in [-0.15, -0.1) is 0 Å². The monoisotopic (exact) mass is 307 g/mol. The number of benzene rings is 1. The van der Waals surface area contributed by atoms with E-state index < -0.39 is 0 Å². The quantitative estimate of drug-likeness (QED) is 0.715. The van der Waals surface area contributed by atoms with E-state index in [1.54, 1.807) is 11.9 Å². The lowest BCUT2D eigenvalue weighted by Crippen LogP contribution is -2.02. The third-order valence-corrected chi connectivity index (χ3v) is 4.07. The maximum Gasteiger partial charge on any atom is 0.0702 e. The van der Waals surface area contributed by atoms with Gasteiger partial charge in [-0.1, -0.05) is 18.2 Å². The van der Waals surface area contributed by atoms with E-state index in [1.807, 2.05) is 37.6 Å². The fourth-order valence-electron chi connectivity index (χ4n) is 2.04. The predicted octanol–water partition coefficient (Wildman–Crippen LogP) is 4.25. The molecule has 0 radical (unpaired) electrons. The molecular formula is C18H17N3S. The second-order valence-corrected chi connectivity index (χ2v) is 5.99. The summed E-state index contributed by atoms with van der Waals surface area (Å²) in [5, 5.41) is 0. The number of aromatic nitrogens is 2. The van der Waals surface area contributed by atoms with Gasteiger partial charge in [0.1, 0.15) is 0 Å². The number of nitrogens with one attached hydrogen (secondary N) is 1. The van der Waals surface area contributed by atoms with Gasteiger partial charge >= 0.3 is 0 Å². The van der Waals surface area contributed by atoms with E-state index in [9.17, 15) is 0 Å². The Balaban J connectivity index is 1.58. The number of aryl methyl sites for hydroxylation is 1. The number of pyridine rings is 2. The molecule has 0 bridgehead atoms. The van der Waals surface area contributed by atoms with Crippen LogP contribution in [0.4, 0.5) is 0 Å². The molecule has 3 nitrogen and oxygen atoms in total. The van der Waals surface area contributed by atoms with Crippen LogP contribution in [0.2, 0.25) is 0 Å². The summed E-state index contributed by atoms with van der Waals surface area (Å²) in [4.78, 5) is 9.65. The molecule has 0 saturated carbocycles. The van der Waals surface area contributed by atoms with Gasteiger partial charge in [-0.25, -0.2) is 0 Å². The summed E-state index contributed by atoms with van der Waals surface area (Å²) in [6, 6.07) is 16.6. The summed E-state index contributed by atoms with van der Waals surface area (Å²) in [6.45, 7) is 2.86. The normalized spacial score (nSPS) is 10.6. The van der Waals surface area contributed by atoms with Crippen LogP contribution < -0.4 is 4.72 Å². The Morgan fingerprint density at radius 1 is 0.955 bits per heavy atom. The highest BCUT2D eigenvalue weighted by Crippen LogP contribution is 2.21. The number of rotatable bonds is 5. The van der Waals surface area contributed by atoms with Crippen molar-refractivity contribution < 1.29 is 0 Å². The van der Waals surface area contributed by atoms with Crippen molar-refractivity contribution in [3.63, 3.8) is 0 Å². The van der Waals surface area contributed by atoms with Crippen molar-refractivity contribution in [2.24, 2.45) is 0 Å². The van der Waals surface area contributed by atoms with Crippen molar-refractivity contribution in [1.29, 1.82) is 0 Å². The highest BCUT2D eigenvalue weighted by Gasteiger charge is 2.00. The van der Waals surface area contributed by atoms with Crippen LogP contribution in [0.15, 0.2) is 72.0 Å². The predicted molar refractivity (Wildman–Crippen MR) is 91.3 cm³/mol. The number of nitrogens with zero attached hydrogens (tertiary/aromatic N) is 2. The second-order valence-electron chi connectivity index (χ2n) is 5.02. The minimum atomic E-state index is 0.814. The minimum absolute atomic E-state index is 0.814. The first-order valence-corrected chi connectivity index (χ1v) is 7.94. The van der Waals surface area contributed by atoms with E-state index in [0.717, 1.165) is 17.8 Å². The standard InChI is InChI=1S/C18H17N3S/c1-14-2-7-18(20-12-14)16-3-5-17(6-4-16)22-21-13-15-8-10-19-11-9-15/h2-12,21H,13H2,1H3. The number of hydrogen-bond acceptors (Lipinski definition) is 4. The SMILES string of the molecule is Cc1ccc(-c2ccc(SNCc3ccncc3)cc2)nc1. The summed E-state index contributed by atoms with van der Waals surface area (Å²) in [5.41, 5.74) is 4.55. The molecular weight excluding hydrogens is 290 g/mol. The largest absolute Gasteiger partial charge is 0.265 e. The maximum absolute atomic E-state index is 4.45. The van der Waals surface area contributed by atoms with E-state index in [0.29, 0.717) is 0 Å². The molecule has 2 heterocycles. The highest BCUT2D eigenvalue weighted by atomic mass is 32.2. The topological polar surface area (TPSA) is 37.8 Å². The van der Waals surface area contributed by atoms with Gasteiger partial charge < -0.3 is 0 Å². The Bertz CT molecular complexity index is 710. The van der Waals surface area contributed by atoms with Crippen LogP contribution in [0.1, 0.15) is 11.1 Å². The van der Waals surface area contributed by atoms with Gasteiger partial charge in [0.05, 0.1) is 5.69 Å². The van der Waals surface area contributed by atoms with Crippen LogP contribution in [-0.2, 0) is 6.54 Å². The third-order valence-electron chi connectivity index (χ3n) is 3.28. The highest BCUT2D eigenvalue weighted by molar-refractivity contribution is 7.97. The van der Waals surface area contributed by atoms with E-state index in [2.05, 4.69) is 51.1 Å².